The first-order chi connectivity index (χ1) is 64.3. The van der Waals surface area contributed by atoms with Crippen LogP contribution in [0.3, 0.4) is 0 Å². The van der Waals surface area contributed by atoms with Crippen molar-refractivity contribution < 1.29 is 89.7 Å². The summed E-state index contributed by atoms with van der Waals surface area (Å²) in [6.07, 6.45) is -1.89. The molecule has 2 saturated heterocycles. The van der Waals surface area contributed by atoms with Gasteiger partial charge in [-0.1, -0.05) is 328 Å². The average molecular weight is 1980 g/mol. The van der Waals surface area contributed by atoms with Crippen molar-refractivity contribution in [2.24, 2.45) is 5.73 Å². The van der Waals surface area contributed by atoms with Crippen molar-refractivity contribution in [3.05, 3.63) is 430 Å². The van der Waals surface area contributed by atoms with Gasteiger partial charge in [-0.3, -0.25) is 63.0 Å². The number of benzene rings is 12. The van der Waals surface area contributed by atoms with Crippen molar-refractivity contribution in [2.45, 2.75) is 96.0 Å². The Labute approximate surface area is 820 Å². The number of β-amino-alcohol motifs (C(OH)–C–C–N with tert-alkyl or cyclic N) is 1. The minimum atomic E-state index is -0.848. The van der Waals surface area contributed by atoms with E-state index in [9.17, 15) is 48.9 Å². The number of hydrogen-bond acceptors (Lipinski definition) is 18. The van der Waals surface area contributed by atoms with Gasteiger partial charge < -0.3 is 57.4 Å². The molecular weight excluding hydrogens is 1860 g/mol. The van der Waals surface area contributed by atoms with Crippen LogP contribution in [-0.4, -0.2) is 211 Å². The zero-order chi connectivity index (χ0) is 93.3. The van der Waals surface area contributed by atoms with Crippen LogP contribution in [0.25, 0.3) is 0 Å². The summed E-state index contributed by atoms with van der Waals surface area (Å²) in [5.74, 6) is -1.57. The van der Waals surface area contributed by atoms with Gasteiger partial charge in [-0.2, -0.15) is 0 Å². The number of rotatable bonds is 37. The molecule has 0 aromatic heterocycles. The second kappa shape index (κ2) is 62.2. The summed E-state index contributed by atoms with van der Waals surface area (Å²) in [5, 5.41) is 39.2. The minimum Gasteiger partial charge on any atom is -0.412 e. The van der Waals surface area contributed by atoms with E-state index in [1.165, 1.54) is 49.4 Å². The number of nitrogens with two attached hydrogens (primary N) is 1. The maximum atomic E-state index is 12.6. The number of epoxide rings is 1. The van der Waals surface area contributed by atoms with Crippen molar-refractivity contribution in [3.63, 3.8) is 0 Å². The molecular formula is C107H121Cl3N10O14Pd. The predicted octanol–water partition coefficient (Wildman–Crippen LogP) is 13.0. The van der Waals surface area contributed by atoms with Gasteiger partial charge in [0.2, 0.25) is 17.1 Å². The number of aliphatic hydroxyl groups excluding tert-OH is 3. The number of halogens is 3. The molecule has 135 heavy (non-hydrogen) atoms. The summed E-state index contributed by atoms with van der Waals surface area (Å²) >= 11 is 15.0. The van der Waals surface area contributed by atoms with Crippen LogP contribution in [0.2, 0.25) is 0 Å². The molecule has 4 aliphatic rings. The van der Waals surface area contributed by atoms with E-state index in [1.54, 1.807) is 48.5 Å². The number of amides is 6. The second-order valence-corrected chi connectivity index (χ2v) is 32.9. The number of morpholine rings is 1. The quantitative estimate of drug-likeness (QED) is 0.00625. The number of nitrogens with zero attached hydrogens (tertiary/aromatic N) is 6. The van der Waals surface area contributed by atoms with E-state index in [0.29, 0.717) is 81.2 Å². The first-order valence-electron chi connectivity index (χ1n) is 44.1. The zero-order valence-corrected chi connectivity index (χ0v) is 79.2. The zero-order valence-electron chi connectivity index (χ0n) is 75.4. The normalized spacial score (nSPS) is 14.2. The minimum absolute atomic E-state index is 0. The number of aliphatic hydroxyl groups is 3. The van der Waals surface area contributed by atoms with Gasteiger partial charge in [-0.05, 0) is 91.5 Å². The van der Waals surface area contributed by atoms with Crippen LogP contribution < -0.4 is 21.7 Å². The van der Waals surface area contributed by atoms with E-state index < -0.39 is 23.6 Å². The van der Waals surface area contributed by atoms with Gasteiger partial charge in [-0.15, -0.1) is 23.2 Å². The molecule has 5 atom stereocenters. The molecule has 12 N–H and O–H groups in total. The maximum absolute atomic E-state index is 12.6. The van der Waals surface area contributed by atoms with E-state index in [2.05, 4.69) is 205 Å². The Bertz CT molecular complexity index is 5110. The molecule has 2 fully saturated rings. The number of alkyl halides is 2. The molecule has 16 rings (SSSR count). The summed E-state index contributed by atoms with van der Waals surface area (Å²) in [6, 6.07) is 116. The average Bonchev–Trinajstić information content (AvgIpc) is 1.61. The molecule has 0 bridgehead atoms. The number of nitrogens with one attached hydrogen (secondary N) is 3. The van der Waals surface area contributed by atoms with Crippen molar-refractivity contribution in [2.75, 3.05) is 83.9 Å². The van der Waals surface area contributed by atoms with Crippen LogP contribution >= 0.6 is 34.8 Å². The Hall–Kier alpha value is -11.5. The summed E-state index contributed by atoms with van der Waals surface area (Å²) in [6.45, 7) is 12.4. The van der Waals surface area contributed by atoms with Crippen molar-refractivity contribution in [1.29, 1.82) is 0 Å². The molecule has 12 aromatic rings. The van der Waals surface area contributed by atoms with Crippen LogP contribution in [0.1, 0.15) is 97.1 Å². The van der Waals surface area contributed by atoms with Crippen LogP contribution in [-0.2, 0) is 110 Å². The van der Waals surface area contributed by atoms with E-state index >= 15 is 0 Å². The number of hydrogen-bond donors (Lipinski definition) is 7. The molecule has 0 radical (unpaired) electrons. The third-order valence-electron chi connectivity index (χ3n) is 21.2. The van der Waals surface area contributed by atoms with Gasteiger partial charge in [0.05, 0.1) is 78.4 Å². The fourth-order valence-electron chi connectivity index (χ4n) is 14.7. The molecule has 0 aliphatic carbocycles. The Kier molecular flexibility index (Phi) is 51.0. The molecule has 12 aromatic carbocycles. The van der Waals surface area contributed by atoms with Crippen molar-refractivity contribution in [1.82, 2.24) is 45.3 Å². The Morgan fingerprint density at radius 3 is 0.919 bits per heavy atom. The molecule has 6 amide bonds. The van der Waals surface area contributed by atoms with Gasteiger partial charge >= 0.3 is 0 Å². The Morgan fingerprint density at radius 2 is 0.652 bits per heavy atom. The van der Waals surface area contributed by atoms with Crippen LogP contribution in [0.15, 0.2) is 352 Å². The number of imide groups is 2. The molecule has 28 heteroatoms. The maximum Gasteiger partial charge on any atom is 0.261 e. The molecule has 5 unspecified atom stereocenters. The van der Waals surface area contributed by atoms with Crippen LogP contribution in [0.5, 0.6) is 0 Å². The monoisotopic (exact) mass is 1980 g/mol. The van der Waals surface area contributed by atoms with E-state index in [0.717, 1.165) is 74.9 Å². The third kappa shape index (κ3) is 40.9. The third-order valence-corrected chi connectivity index (χ3v) is 21.9. The number of ether oxygens (including phenoxy) is 2. The Balaban J connectivity index is 0.000000221. The van der Waals surface area contributed by atoms with Gasteiger partial charge in [0, 0.05) is 132 Å². The largest absolute Gasteiger partial charge is 0.412 e. The molecule has 0 saturated carbocycles. The smallest absolute Gasteiger partial charge is 0.261 e. The fourth-order valence-corrected chi connectivity index (χ4v) is 14.8. The number of carbonyl (C=O) groups is 7. The van der Waals surface area contributed by atoms with Gasteiger partial charge in [0.15, 0.2) is 0 Å². The van der Waals surface area contributed by atoms with Gasteiger partial charge in [-0.25, -0.2) is 0 Å². The van der Waals surface area contributed by atoms with Crippen LogP contribution in [0.4, 0.5) is 0 Å². The summed E-state index contributed by atoms with van der Waals surface area (Å²) < 4.78 is 10.7. The van der Waals surface area contributed by atoms with E-state index in [4.69, 9.17) is 50.0 Å². The molecule has 4 aliphatic heterocycles. The van der Waals surface area contributed by atoms with Gasteiger partial charge in [0.25, 0.3) is 23.6 Å². The number of carbonyl (C=O) groups excluding carboxylic acids is 7. The molecule has 0 spiro atoms. The van der Waals surface area contributed by atoms with E-state index in [-0.39, 0.29) is 110 Å². The molecule has 714 valence electrons. The SMILES string of the molecule is NCC(O)CN(Cc1ccccc1)Cc1ccccc1.O.O.O=C(CCl)NCC(O)CN(Cc1ccccc1)Cc1ccccc1.O=C(Cl)CCl.O=C1COC(CN(Cc2ccccc2)Cc2ccccc2)CN1.O=C1c2ccccc2C(=O)N1CC(O)CN(Cc1ccccc1)Cc1ccccc1.O=C1c2ccccc2C(=O)N1CC1CO1.[Pd].c1ccc(CNCc2ccccc2)cc1. The summed E-state index contributed by atoms with van der Waals surface area (Å²) in [4.78, 5) is 92.0. The fraction of sp³-hybridized carbons (Fsp3) is 0.262. The second-order valence-electron chi connectivity index (χ2n) is 32.0. The summed E-state index contributed by atoms with van der Waals surface area (Å²) in [5.41, 5.74) is 19.7. The van der Waals surface area contributed by atoms with Crippen molar-refractivity contribution in [3.8, 4) is 0 Å². The first-order valence-corrected chi connectivity index (χ1v) is 45.5. The number of fused-ring (bicyclic) bond motifs is 2. The summed E-state index contributed by atoms with van der Waals surface area (Å²) in [7, 11) is 0. The Morgan fingerprint density at radius 1 is 0.385 bits per heavy atom. The van der Waals surface area contributed by atoms with Crippen molar-refractivity contribution >= 4 is 75.5 Å². The standard InChI is InChI=1S/C25H24N2O3.C19H23ClN2O2.C19H22N2O2.C17H22N2O.C14H15N.C11H9NO3.C2H2Cl2O.2H2O.Pd/c28-21(18-27-24(29)22-13-7-8-14-23(22)25(27)30)17-26(15-19-9-3-1-4-10-19)16-20-11-5-2-6-12-20;20-11-19(24)21-12-18(23)15-22(13-16-7-3-1-4-8-16)14-17-9-5-2-6-10-17;22-19-15-23-18(11-20-19)14-21(12-16-7-3-1-4-8-16)13-17-9-5-2-6-10-17;18-11-17(20)14-19(12-15-7-3-1-4-8-15)13-16-9-5-2-6-10-16;1-3-7-13(8-4-1)11-15-12-14-9-5-2-6-10-14;13-10-8-3-1-2-4-9(8)11(14)12(10)5-7-6-15-7;3-1-2(4)5;;;/h1-14,21,28H,15-18H2;1-10,18,23H,11-15H2,(H,21,24);1-10,18H,11-15H2,(H,20,22);1-10,17,20H,11-14,18H2;1-10,15H,11-12H2;1-4,7H,5-6H2;1H2;2*1H2;. The predicted molar refractivity (Wildman–Crippen MR) is 527 cm³/mol. The van der Waals surface area contributed by atoms with E-state index in [1.807, 2.05) is 133 Å². The topological polar surface area (TPSA) is 346 Å². The first kappa shape index (κ1) is 111. The molecule has 24 nitrogen and oxygen atoms in total. The molecule has 4 heterocycles. The van der Waals surface area contributed by atoms with Crippen LogP contribution in [0, 0.1) is 0 Å². The van der Waals surface area contributed by atoms with Gasteiger partial charge in [0.1, 0.15) is 12.5 Å².